The van der Waals surface area contributed by atoms with Crippen molar-refractivity contribution >= 4 is 11.9 Å². The van der Waals surface area contributed by atoms with Crippen LogP contribution in [0.4, 0.5) is 0 Å². The molecular formula is C11H20N2O4. The third-order valence-corrected chi connectivity index (χ3v) is 2.83. The van der Waals surface area contributed by atoms with Gasteiger partial charge in [0.1, 0.15) is 6.10 Å². The number of aliphatic carboxylic acids is 1. The van der Waals surface area contributed by atoms with Crippen molar-refractivity contribution in [2.24, 2.45) is 5.92 Å². The van der Waals surface area contributed by atoms with E-state index in [1.54, 1.807) is 0 Å². The normalized spacial score (nSPS) is 21.8. The zero-order valence-electron chi connectivity index (χ0n) is 10.1. The standard InChI is InChI=1S/C11H20N2O4/c1-2-8(5-10(14)15)6-13-11(16)9-7-12-3-4-17-9/h8-9,12H,2-7H2,1H3,(H,13,16)(H,14,15). The van der Waals surface area contributed by atoms with Crippen molar-refractivity contribution in [3.63, 3.8) is 0 Å². The fourth-order valence-electron chi connectivity index (χ4n) is 1.70. The summed E-state index contributed by atoms with van der Waals surface area (Å²) >= 11 is 0. The molecule has 0 bridgehead atoms. The van der Waals surface area contributed by atoms with E-state index in [9.17, 15) is 9.59 Å². The van der Waals surface area contributed by atoms with E-state index in [-0.39, 0.29) is 18.2 Å². The van der Waals surface area contributed by atoms with Crippen molar-refractivity contribution in [1.82, 2.24) is 10.6 Å². The van der Waals surface area contributed by atoms with Crippen LogP contribution in [0.25, 0.3) is 0 Å². The van der Waals surface area contributed by atoms with Crippen LogP contribution >= 0.6 is 0 Å². The highest BCUT2D eigenvalue weighted by molar-refractivity contribution is 5.81. The lowest BCUT2D eigenvalue weighted by Crippen LogP contribution is -2.48. The molecule has 17 heavy (non-hydrogen) atoms. The number of carbonyl (C=O) groups is 2. The van der Waals surface area contributed by atoms with E-state index in [0.29, 0.717) is 19.7 Å². The number of hydrogen-bond donors (Lipinski definition) is 3. The highest BCUT2D eigenvalue weighted by Crippen LogP contribution is 2.07. The number of morpholine rings is 1. The van der Waals surface area contributed by atoms with E-state index in [0.717, 1.165) is 13.0 Å². The van der Waals surface area contributed by atoms with Crippen molar-refractivity contribution in [1.29, 1.82) is 0 Å². The lowest BCUT2D eigenvalue weighted by Gasteiger charge is -2.23. The molecule has 1 aliphatic rings. The fraction of sp³-hybridized carbons (Fsp3) is 0.818. The summed E-state index contributed by atoms with van der Waals surface area (Å²) in [6, 6.07) is 0. The Morgan fingerprint density at radius 3 is 2.88 bits per heavy atom. The van der Waals surface area contributed by atoms with Crippen LogP contribution in [0.2, 0.25) is 0 Å². The molecule has 98 valence electrons. The molecule has 0 spiro atoms. The molecule has 0 aromatic heterocycles. The zero-order chi connectivity index (χ0) is 12.7. The first kappa shape index (κ1) is 13.9. The van der Waals surface area contributed by atoms with Crippen LogP contribution in [0.1, 0.15) is 19.8 Å². The van der Waals surface area contributed by atoms with Crippen LogP contribution in [-0.2, 0) is 14.3 Å². The van der Waals surface area contributed by atoms with Crippen molar-refractivity contribution < 1.29 is 19.4 Å². The van der Waals surface area contributed by atoms with Gasteiger partial charge in [-0.3, -0.25) is 9.59 Å². The lowest BCUT2D eigenvalue weighted by atomic mass is 10.0. The Morgan fingerprint density at radius 2 is 2.35 bits per heavy atom. The van der Waals surface area contributed by atoms with E-state index in [1.807, 2.05) is 6.92 Å². The van der Waals surface area contributed by atoms with Gasteiger partial charge in [0.25, 0.3) is 0 Å². The van der Waals surface area contributed by atoms with E-state index in [1.165, 1.54) is 0 Å². The first-order chi connectivity index (χ1) is 8.13. The van der Waals surface area contributed by atoms with E-state index < -0.39 is 12.1 Å². The molecule has 0 radical (unpaired) electrons. The molecule has 1 heterocycles. The topological polar surface area (TPSA) is 87.7 Å². The van der Waals surface area contributed by atoms with Gasteiger partial charge in [-0.1, -0.05) is 13.3 Å². The van der Waals surface area contributed by atoms with Gasteiger partial charge in [-0.15, -0.1) is 0 Å². The third-order valence-electron chi connectivity index (χ3n) is 2.83. The van der Waals surface area contributed by atoms with Crippen LogP contribution in [0.15, 0.2) is 0 Å². The second-order valence-corrected chi connectivity index (χ2v) is 4.18. The number of hydrogen-bond acceptors (Lipinski definition) is 4. The van der Waals surface area contributed by atoms with Gasteiger partial charge in [0.15, 0.2) is 0 Å². The predicted octanol–water partition coefficient (Wildman–Crippen LogP) is -0.408. The summed E-state index contributed by atoms with van der Waals surface area (Å²) in [4.78, 5) is 22.2. The van der Waals surface area contributed by atoms with Crippen LogP contribution in [-0.4, -0.2) is 49.3 Å². The third kappa shape index (κ3) is 5.14. The fourth-order valence-corrected chi connectivity index (χ4v) is 1.70. The summed E-state index contributed by atoms with van der Waals surface area (Å²) < 4.78 is 5.30. The Labute approximate surface area is 101 Å². The van der Waals surface area contributed by atoms with Gasteiger partial charge in [-0.2, -0.15) is 0 Å². The van der Waals surface area contributed by atoms with Crippen LogP contribution in [0.5, 0.6) is 0 Å². The minimum Gasteiger partial charge on any atom is -0.481 e. The molecule has 1 saturated heterocycles. The molecule has 2 unspecified atom stereocenters. The number of carbonyl (C=O) groups excluding carboxylic acids is 1. The van der Waals surface area contributed by atoms with E-state index in [4.69, 9.17) is 9.84 Å². The Hall–Kier alpha value is -1.14. The van der Waals surface area contributed by atoms with Crippen LogP contribution < -0.4 is 10.6 Å². The quantitative estimate of drug-likeness (QED) is 0.591. The lowest BCUT2D eigenvalue weighted by molar-refractivity contribution is -0.139. The molecule has 0 aromatic rings. The van der Waals surface area contributed by atoms with Crippen molar-refractivity contribution in [2.75, 3.05) is 26.2 Å². The number of amides is 1. The molecule has 1 fully saturated rings. The van der Waals surface area contributed by atoms with Crippen LogP contribution in [0.3, 0.4) is 0 Å². The summed E-state index contributed by atoms with van der Waals surface area (Å²) in [5.41, 5.74) is 0. The van der Waals surface area contributed by atoms with Gasteiger partial charge >= 0.3 is 5.97 Å². The molecule has 0 aliphatic carbocycles. The highest BCUT2D eigenvalue weighted by Gasteiger charge is 2.22. The molecule has 0 saturated carbocycles. The SMILES string of the molecule is CCC(CNC(=O)C1CNCCO1)CC(=O)O. The first-order valence-electron chi connectivity index (χ1n) is 5.95. The molecule has 1 rings (SSSR count). The monoisotopic (exact) mass is 244 g/mol. The maximum Gasteiger partial charge on any atom is 0.303 e. The number of carboxylic acids is 1. The van der Waals surface area contributed by atoms with Gasteiger partial charge in [0, 0.05) is 26.1 Å². The highest BCUT2D eigenvalue weighted by atomic mass is 16.5. The maximum absolute atomic E-state index is 11.7. The Kier molecular flexibility index (Phi) is 5.93. The molecule has 0 aromatic carbocycles. The van der Waals surface area contributed by atoms with Crippen molar-refractivity contribution in [3.8, 4) is 0 Å². The van der Waals surface area contributed by atoms with Crippen LogP contribution in [0, 0.1) is 5.92 Å². The van der Waals surface area contributed by atoms with Gasteiger partial charge < -0.3 is 20.5 Å². The van der Waals surface area contributed by atoms with Gasteiger partial charge in [-0.25, -0.2) is 0 Å². The number of rotatable bonds is 6. The smallest absolute Gasteiger partial charge is 0.303 e. The number of nitrogens with one attached hydrogen (secondary N) is 2. The predicted molar refractivity (Wildman–Crippen MR) is 61.7 cm³/mol. The van der Waals surface area contributed by atoms with Crippen molar-refractivity contribution in [2.45, 2.75) is 25.9 Å². The molecule has 2 atom stereocenters. The number of carboxylic acid groups (broad SMARTS) is 1. The summed E-state index contributed by atoms with van der Waals surface area (Å²) in [6.45, 7) is 4.12. The maximum atomic E-state index is 11.7. The van der Waals surface area contributed by atoms with Gasteiger partial charge in [-0.05, 0) is 5.92 Å². The molecular weight excluding hydrogens is 224 g/mol. The summed E-state index contributed by atoms with van der Waals surface area (Å²) in [5.74, 6) is -1.02. The Bertz CT molecular complexity index is 264. The largest absolute Gasteiger partial charge is 0.481 e. The summed E-state index contributed by atoms with van der Waals surface area (Å²) in [5, 5.41) is 14.5. The Morgan fingerprint density at radius 1 is 1.59 bits per heavy atom. The second kappa shape index (κ2) is 7.24. The second-order valence-electron chi connectivity index (χ2n) is 4.18. The molecule has 1 aliphatic heterocycles. The first-order valence-corrected chi connectivity index (χ1v) is 5.95. The zero-order valence-corrected chi connectivity index (χ0v) is 10.1. The minimum atomic E-state index is -0.832. The molecule has 6 heteroatoms. The average molecular weight is 244 g/mol. The number of ether oxygens (including phenoxy) is 1. The Balaban J connectivity index is 2.27. The molecule has 1 amide bonds. The van der Waals surface area contributed by atoms with Crippen molar-refractivity contribution in [3.05, 3.63) is 0 Å². The van der Waals surface area contributed by atoms with E-state index in [2.05, 4.69) is 10.6 Å². The minimum absolute atomic E-state index is 0.0204. The van der Waals surface area contributed by atoms with Gasteiger partial charge in [0.05, 0.1) is 6.61 Å². The summed E-state index contributed by atoms with van der Waals surface area (Å²) in [6.07, 6.45) is 0.364. The average Bonchev–Trinajstić information content (AvgIpc) is 2.34. The molecule has 6 nitrogen and oxygen atoms in total. The van der Waals surface area contributed by atoms with Gasteiger partial charge in [0.2, 0.25) is 5.91 Å². The molecule has 3 N–H and O–H groups in total. The summed E-state index contributed by atoms with van der Waals surface area (Å²) in [7, 11) is 0. The van der Waals surface area contributed by atoms with E-state index >= 15 is 0 Å².